The lowest BCUT2D eigenvalue weighted by Gasteiger charge is -2.13. The highest BCUT2D eigenvalue weighted by Crippen LogP contribution is 2.19. The Labute approximate surface area is 109 Å². The van der Waals surface area contributed by atoms with Crippen LogP contribution in [0.15, 0.2) is 18.5 Å². The summed E-state index contributed by atoms with van der Waals surface area (Å²) in [7, 11) is 0. The minimum absolute atomic E-state index is 0. The van der Waals surface area contributed by atoms with E-state index in [1.54, 1.807) is 12.4 Å². The van der Waals surface area contributed by atoms with E-state index >= 15 is 0 Å². The van der Waals surface area contributed by atoms with Crippen molar-refractivity contribution in [2.75, 3.05) is 0 Å². The van der Waals surface area contributed by atoms with Gasteiger partial charge in [-0.05, 0) is 24.5 Å². The first-order valence-corrected chi connectivity index (χ1v) is 5.54. The molecular formula is C11H15Br2NO. The molecule has 0 radical (unpaired) electrons. The van der Waals surface area contributed by atoms with Gasteiger partial charge in [0.15, 0.2) is 5.78 Å². The lowest BCUT2D eigenvalue weighted by Crippen LogP contribution is -2.21. The molecule has 1 rings (SSSR count). The van der Waals surface area contributed by atoms with Crippen molar-refractivity contribution >= 4 is 38.7 Å². The molecule has 4 heteroatoms. The summed E-state index contributed by atoms with van der Waals surface area (Å²) in [6.07, 6.45) is 3.33. The number of halogens is 2. The van der Waals surface area contributed by atoms with E-state index in [9.17, 15) is 4.79 Å². The van der Waals surface area contributed by atoms with Gasteiger partial charge >= 0.3 is 0 Å². The Morgan fingerprint density at radius 2 is 2.07 bits per heavy atom. The third kappa shape index (κ3) is 3.68. The van der Waals surface area contributed by atoms with Crippen LogP contribution < -0.4 is 0 Å². The van der Waals surface area contributed by atoms with Crippen LogP contribution in [-0.2, 0) is 0 Å². The second kappa shape index (κ2) is 6.38. The van der Waals surface area contributed by atoms with Gasteiger partial charge in [-0.25, -0.2) is 0 Å². The molecule has 2 nitrogen and oxygen atoms in total. The Hall–Kier alpha value is -0.220. The second-order valence-electron chi connectivity index (χ2n) is 3.70. The highest BCUT2D eigenvalue weighted by molar-refractivity contribution is 9.10. The smallest absolute Gasteiger partial charge is 0.178 e. The largest absolute Gasteiger partial charge is 0.293 e. The number of alkyl halides is 1. The predicted molar refractivity (Wildman–Crippen MR) is 71.2 cm³/mol. The molecule has 0 N–H and O–H groups in total. The third-order valence-electron chi connectivity index (χ3n) is 2.14. The number of nitrogens with zero attached hydrogens (tertiary/aromatic N) is 1. The first kappa shape index (κ1) is 14.8. The minimum atomic E-state index is -0.120. The summed E-state index contributed by atoms with van der Waals surface area (Å²) in [6, 6.07) is 1.85. The molecule has 0 aliphatic rings. The number of hydrogen-bond acceptors (Lipinski definition) is 2. The molecule has 1 aromatic heterocycles. The SMILES string of the molecule is Br.Cc1ccncc1C(=O)C(Br)C(C)C. The highest BCUT2D eigenvalue weighted by atomic mass is 79.9. The van der Waals surface area contributed by atoms with Crippen LogP contribution >= 0.6 is 32.9 Å². The summed E-state index contributed by atoms with van der Waals surface area (Å²) < 4.78 is 0. The fraction of sp³-hybridized carbons (Fsp3) is 0.455. The minimum Gasteiger partial charge on any atom is -0.293 e. The van der Waals surface area contributed by atoms with Crippen molar-refractivity contribution in [1.82, 2.24) is 4.98 Å². The van der Waals surface area contributed by atoms with Crippen LogP contribution in [0.1, 0.15) is 29.8 Å². The van der Waals surface area contributed by atoms with Crippen molar-refractivity contribution in [3.8, 4) is 0 Å². The zero-order valence-electron chi connectivity index (χ0n) is 9.03. The molecule has 0 spiro atoms. The molecule has 0 saturated heterocycles. The van der Waals surface area contributed by atoms with Gasteiger partial charge in [0, 0.05) is 18.0 Å². The van der Waals surface area contributed by atoms with Gasteiger partial charge in [-0.3, -0.25) is 9.78 Å². The number of Topliss-reactive ketones (excluding diaryl/α,β-unsaturated/α-hetero) is 1. The molecule has 1 heterocycles. The Balaban J connectivity index is 0.00000196. The zero-order valence-corrected chi connectivity index (χ0v) is 12.3. The van der Waals surface area contributed by atoms with Crippen LogP contribution in [0, 0.1) is 12.8 Å². The van der Waals surface area contributed by atoms with Crippen LogP contribution in [0.5, 0.6) is 0 Å². The summed E-state index contributed by atoms with van der Waals surface area (Å²) in [6.45, 7) is 5.96. The molecule has 0 aliphatic carbocycles. The first-order chi connectivity index (χ1) is 6.54. The van der Waals surface area contributed by atoms with E-state index < -0.39 is 0 Å². The monoisotopic (exact) mass is 335 g/mol. The molecule has 84 valence electrons. The number of carbonyl (C=O) groups excluding carboxylic acids is 1. The quantitative estimate of drug-likeness (QED) is 0.624. The van der Waals surface area contributed by atoms with E-state index in [0.717, 1.165) is 5.56 Å². The summed E-state index contributed by atoms with van der Waals surface area (Å²) in [5, 5.41) is 0. The Morgan fingerprint density at radius 1 is 1.47 bits per heavy atom. The number of ketones is 1. The van der Waals surface area contributed by atoms with Gasteiger partial charge in [0.1, 0.15) is 0 Å². The lowest BCUT2D eigenvalue weighted by molar-refractivity contribution is 0.0977. The van der Waals surface area contributed by atoms with Gasteiger partial charge in [-0.1, -0.05) is 29.8 Å². The molecule has 0 amide bonds. The lowest BCUT2D eigenvalue weighted by atomic mass is 9.99. The van der Waals surface area contributed by atoms with Crippen LogP contribution in [0.3, 0.4) is 0 Å². The van der Waals surface area contributed by atoms with E-state index in [1.165, 1.54) is 0 Å². The highest BCUT2D eigenvalue weighted by Gasteiger charge is 2.21. The maximum absolute atomic E-state index is 11.9. The number of aryl methyl sites for hydroxylation is 1. The van der Waals surface area contributed by atoms with Crippen LogP contribution in [0.25, 0.3) is 0 Å². The van der Waals surface area contributed by atoms with Gasteiger partial charge < -0.3 is 0 Å². The van der Waals surface area contributed by atoms with Gasteiger partial charge in [-0.15, -0.1) is 17.0 Å². The molecule has 15 heavy (non-hydrogen) atoms. The van der Waals surface area contributed by atoms with E-state index in [1.807, 2.05) is 26.8 Å². The molecule has 1 unspecified atom stereocenters. The van der Waals surface area contributed by atoms with E-state index in [0.29, 0.717) is 11.5 Å². The van der Waals surface area contributed by atoms with Crippen molar-refractivity contribution in [1.29, 1.82) is 0 Å². The van der Waals surface area contributed by atoms with Crippen LogP contribution in [-0.4, -0.2) is 15.6 Å². The van der Waals surface area contributed by atoms with Crippen molar-refractivity contribution in [3.05, 3.63) is 29.6 Å². The van der Waals surface area contributed by atoms with E-state index in [4.69, 9.17) is 0 Å². The molecule has 0 bridgehead atoms. The molecule has 0 fully saturated rings. The maximum atomic E-state index is 11.9. The van der Waals surface area contributed by atoms with Gasteiger partial charge in [0.05, 0.1) is 4.83 Å². The summed E-state index contributed by atoms with van der Waals surface area (Å²) in [4.78, 5) is 15.8. The van der Waals surface area contributed by atoms with Crippen molar-refractivity contribution in [3.63, 3.8) is 0 Å². The van der Waals surface area contributed by atoms with Crippen molar-refractivity contribution < 1.29 is 4.79 Å². The fourth-order valence-corrected chi connectivity index (χ4v) is 1.42. The molecular weight excluding hydrogens is 322 g/mol. The number of rotatable bonds is 3. The fourth-order valence-electron chi connectivity index (χ4n) is 1.17. The normalized spacial score (nSPS) is 12.1. The maximum Gasteiger partial charge on any atom is 0.178 e. The van der Waals surface area contributed by atoms with Crippen molar-refractivity contribution in [2.45, 2.75) is 25.6 Å². The van der Waals surface area contributed by atoms with Crippen LogP contribution in [0.4, 0.5) is 0 Å². The van der Waals surface area contributed by atoms with Gasteiger partial charge in [-0.2, -0.15) is 0 Å². The molecule has 0 aromatic carbocycles. The second-order valence-corrected chi connectivity index (χ2v) is 4.69. The van der Waals surface area contributed by atoms with Gasteiger partial charge in [0.2, 0.25) is 0 Å². The summed E-state index contributed by atoms with van der Waals surface area (Å²) in [5.41, 5.74) is 1.69. The Kier molecular flexibility index (Phi) is 6.29. The topological polar surface area (TPSA) is 30.0 Å². The molecule has 0 saturated carbocycles. The average Bonchev–Trinajstić information content (AvgIpc) is 2.16. The van der Waals surface area contributed by atoms with Crippen molar-refractivity contribution in [2.24, 2.45) is 5.92 Å². The molecule has 1 aromatic rings. The molecule has 1 atom stereocenters. The average molecular weight is 337 g/mol. The Morgan fingerprint density at radius 3 is 2.53 bits per heavy atom. The predicted octanol–water partition coefficient (Wildman–Crippen LogP) is 3.57. The zero-order chi connectivity index (χ0) is 10.7. The molecule has 0 aliphatic heterocycles. The number of carbonyl (C=O) groups is 1. The number of hydrogen-bond donors (Lipinski definition) is 0. The number of pyridine rings is 1. The summed E-state index contributed by atoms with van der Waals surface area (Å²) >= 11 is 3.40. The third-order valence-corrected chi connectivity index (χ3v) is 3.61. The summed E-state index contributed by atoms with van der Waals surface area (Å²) in [5.74, 6) is 0.410. The van der Waals surface area contributed by atoms with E-state index in [-0.39, 0.29) is 27.6 Å². The Bertz CT molecular complexity index is 339. The van der Waals surface area contributed by atoms with Gasteiger partial charge in [0.25, 0.3) is 0 Å². The van der Waals surface area contributed by atoms with E-state index in [2.05, 4.69) is 20.9 Å². The first-order valence-electron chi connectivity index (χ1n) is 4.63. The number of aromatic nitrogens is 1. The van der Waals surface area contributed by atoms with Crippen LogP contribution in [0.2, 0.25) is 0 Å². The standard InChI is InChI=1S/C11H14BrNO.BrH/c1-7(2)10(12)11(14)9-6-13-5-4-8(9)3;/h4-7,10H,1-3H3;1H.